The number of ether oxygens (including phenoxy) is 1. The van der Waals surface area contributed by atoms with Crippen molar-refractivity contribution in [3.05, 3.63) is 0 Å². The number of halogens is 4. The smallest absolute Gasteiger partial charge is 0.247 e. The lowest BCUT2D eigenvalue weighted by Crippen LogP contribution is -2.37. The average molecular weight is 230 g/mol. The van der Waals surface area contributed by atoms with Gasteiger partial charge in [-0.3, -0.25) is 0 Å². The van der Waals surface area contributed by atoms with Crippen LogP contribution in [0.3, 0.4) is 0 Å². The summed E-state index contributed by atoms with van der Waals surface area (Å²) < 4.78 is 54.6. The van der Waals surface area contributed by atoms with E-state index < -0.39 is 30.3 Å². The van der Waals surface area contributed by atoms with Gasteiger partial charge < -0.3 is 4.74 Å². The summed E-state index contributed by atoms with van der Waals surface area (Å²) in [6, 6.07) is 0. The third kappa shape index (κ3) is 5.97. The van der Waals surface area contributed by atoms with Crippen molar-refractivity contribution in [3.63, 3.8) is 0 Å². The lowest BCUT2D eigenvalue weighted by Gasteiger charge is -2.31. The molecule has 0 saturated carbocycles. The van der Waals surface area contributed by atoms with Gasteiger partial charge in [0.05, 0.1) is 12.2 Å². The van der Waals surface area contributed by atoms with Crippen molar-refractivity contribution in [3.8, 4) is 0 Å². The van der Waals surface area contributed by atoms with Crippen LogP contribution in [0, 0.1) is 5.92 Å². The van der Waals surface area contributed by atoms with Crippen molar-refractivity contribution >= 4 is 0 Å². The minimum absolute atomic E-state index is 0.215. The number of hydrogen-bond acceptors (Lipinski definition) is 1. The van der Waals surface area contributed by atoms with E-state index in [0.29, 0.717) is 0 Å². The van der Waals surface area contributed by atoms with Crippen molar-refractivity contribution in [1.82, 2.24) is 0 Å². The third-order valence-electron chi connectivity index (χ3n) is 2.49. The first-order valence-electron chi connectivity index (χ1n) is 4.86. The Labute approximate surface area is 87.8 Å². The zero-order valence-electron chi connectivity index (χ0n) is 9.49. The van der Waals surface area contributed by atoms with Gasteiger partial charge in [-0.1, -0.05) is 6.92 Å². The van der Waals surface area contributed by atoms with E-state index in [4.69, 9.17) is 4.74 Å². The van der Waals surface area contributed by atoms with Crippen molar-refractivity contribution in [1.29, 1.82) is 0 Å². The van der Waals surface area contributed by atoms with Gasteiger partial charge in [0.2, 0.25) is 12.3 Å². The molecule has 1 nitrogen and oxygen atoms in total. The molecule has 0 rings (SSSR count). The van der Waals surface area contributed by atoms with Gasteiger partial charge in [-0.05, 0) is 20.8 Å². The van der Waals surface area contributed by atoms with Crippen molar-refractivity contribution < 1.29 is 22.3 Å². The number of alkyl halides is 4. The molecule has 0 aliphatic rings. The van der Waals surface area contributed by atoms with E-state index in [-0.39, 0.29) is 6.61 Å². The molecule has 0 aromatic heterocycles. The van der Waals surface area contributed by atoms with Gasteiger partial charge in [-0.2, -0.15) is 0 Å². The molecule has 0 amide bonds. The SMILES string of the molecule is CC(C(F)F)C(C)(C)OCCC(C)(F)F. The van der Waals surface area contributed by atoms with Crippen LogP contribution in [-0.4, -0.2) is 24.6 Å². The lowest BCUT2D eigenvalue weighted by molar-refractivity contribution is -0.117. The monoisotopic (exact) mass is 230 g/mol. The predicted molar refractivity (Wildman–Crippen MR) is 50.4 cm³/mol. The highest BCUT2D eigenvalue weighted by Crippen LogP contribution is 2.28. The van der Waals surface area contributed by atoms with Gasteiger partial charge in [-0.25, -0.2) is 17.6 Å². The molecule has 0 saturated heterocycles. The Hall–Kier alpha value is -0.320. The largest absolute Gasteiger partial charge is 0.375 e. The quantitative estimate of drug-likeness (QED) is 0.632. The summed E-state index contributed by atoms with van der Waals surface area (Å²) in [5.41, 5.74) is -1.08. The van der Waals surface area contributed by atoms with Crippen LogP contribution in [0.1, 0.15) is 34.1 Å². The first-order chi connectivity index (χ1) is 6.56. The van der Waals surface area contributed by atoms with Crippen LogP contribution in [0.4, 0.5) is 17.6 Å². The highest BCUT2D eigenvalue weighted by Gasteiger charge is 2.34. The Balaban J connectivity index is 4.05. The van der Waals surface area contributed by atoms with Gasteiger partial charge in [0.15, 0.2) is 0 Å². The highest BCUT2D eigenvalue weighted by atomic mass is 19.3. The standard InChI is InChI=1S/C10H18F4O/c1-7(8(11)12)9(2,3)15-6-5-10(4,13)14/h7-8H,5-6H2,1-4H3. The van der Waals surface area contributed by atoms with Crippen molar-refractivity contribution in [2.45, 2.75) is 52.1 Å². The zero-order chi connectivity index (χ0) is 12.3. The fourth-order valence-corrected chi connectivity index (χ4v) is 0.928. The Bertz CT molecular complexity index is 186. The topological polar surface area (TPSA) is 9.23 Å². The van der Waals surface area contributed by atoms with Crippen molar-refractivity contribution in [2.24, 2.45) is 5.92 Å². The number of rotatable bonds is 6. The van der Waals surface area contributed by atoms with Crippen LogP contribution in [-0.2, 0) is 4.74 Å². The summed E-state index contributed by atoms with van der Waals surface area (Å²) in [7, 11) is 0. The lowest BCUT2D eigenvalue weighted by atomic mass is 9.93. The molecule has 0 aliphatic heterocycles. The minimum atomic E-state index is -2.82. The van der Waals surface area contributed by atoms with E-state index >= 15 is 0 Å². The van der Waals surface area contributed by atoms with Crippen LogP contribution < -0.4 is 0 Å². The highest BCUT2D eigenvalue weighted by molar-refractivity contribution is 4.78. The minimum Gasteiger partial charge on any atom is -0.375 e. The molecule has 0 fully saturated rings. The molecule has 0 aromatic rings. The first-order valence-corrected chi connectivity index (χ1v) is 4.86. The van der Waals surface area contributed by atoms with E-state index in [1.54, 1.807) is 0 Å². The summed E-state index contributed by atoms with van der Waals surface area (Å²) in [5, 5.41) is 0. The van der Waals surface area contributed by atoms with E-state index in [1.165, 1.54) is 20.8 Å². The molecule has 1 atom stereocenters. The van der Waals surface area contributed by atoms with E-state index in [0.717, 1.165) is 6.92 Å². The van der Waals surface area contributed by atoms with Crippen LogP contribution >= 0.6 is 0 Å². The number of hydrogen-bond donors (Lipinski definition) is 0. The molecule has 92 valence electrons. The van der Waals surface area contributed by atoms with Crippen molar-refractivity contribution in [2.75, 3.05) is 6.61 Å². The summed E-state index contributed by atoms with van der Waals surface area (Å²) in [5.74, 6) is -3.80. The summed E-state index contributed by atoms with van der Waals surface area (Å²) >= 11 is 0. The molecule has 0 aromatic carbocycles. The molecule has 1 unspecified atom stereocenters. The van der Waals surface area contributed by atoms with E-state index in [9.17, 15) is 17.6 Å². The molecule has 0 N–H and O–H groups in total. The van der Waals surface area contributed by atoms with E-state index in [2.05, 4.69) is 0 Å². The Kier molecular flexibility index (Phi) is 5.03. The molecule has 0 heterocycles. The molecule has 0 aliphatic carbocycles. The molecule has 0 bridgehead atoms. The second-order valence-corrected chi connectivity index (χ2v) is 4.40. The Morgan fingerprint density at radius 2 is 1.60 bits per heavy atom. The predicted octanol–water partition coefficient (Wildman–Crippen LogP) is 3.73. The summed E-state index contributed by atoms with van der Waals surface area (Å²) in [6.07, 6.45) is -2.96. The van der Waals surface area contributed by atoms with Gasteiger partial charge in [0.25, 0.3) is 0 Å². The second kappa shape index (κ2) is 5.14. The second-order valence-electron chi connectivity index (χ2n) is 4.40. The third-order valence-corrected chi connectivity index (χ3v) is 2.49. The molecule has 0 spiro atoms. The Morgan fingerprint density at radius 3 is 1.93 bits per heavy atom. The molecular formula is C10H18F4O. The average Bonchev–Trinajstić information content (AvgIpc) is 1.99. The fourth-order valence-electron chi connectivity index (χ4n) is 0.928. The van der Waals surface area contributed by atoms with Crippen LogP contribution in [0.25, 0.3) is 0 Å². The maximum Gasteiger partial charge on any atom is 0.247 e. The van der Waals surface area contributed by atoms with Crippen LogP contribution in [0.5, 0.6) is 0 Å². The maximum atomic E-state index is 12.4. The fraction of sp³-hybridized carbons (Fsp3) is 1.00. The molecular weight excluding hydrogens is 212 g/mol. The van der Waals surface area contributed by atoms with Gasteiger partial charge in [-0.15, -0.1) is 0 Å². The van der Waals surface area contributed by atoms with Crippen LogP contribution in [0.15, 0.2) is 0 Å². The molecule has 0 radical (unpaired) electrons. The molecule has 5 heteroatoms. The summed E-state index contributed by atoms with van der Waals surface area (Å²) in [6.45, 7) is 4.87. The molecule has 15 heavy (non-hydrogen) atoms. The van der Waals surface area contributed by atoms with Gasteiger partial charge >= 0.3 is 0 Å². The Morgan fingerprint density at radius 1 is 1.13 bits per heavy atom. The van der Waals surface area contributed by atoms with Gasteiger partial charge in [0.1, 0.15) is 0 Å². The normalized spacial score (nSPS) is 15.8. The zero-order valence-corrected chi connectivity index (χ0v) is 9.49. The summed E-state index contributed by atoms with van der Waals surface area (Å²) in [4.78, 5) is 0. The van der Waals surface area contributed by atoms with Gasteiger partial charge in [0, 0.05) is 12.3 Å². The van der Waals surface area contributed by atoms with Crippen LogP contribution in [0.2, 0.25) is 0 Å². The van der Waals surface area contributed by atoms with E-state index in [1.807, 2.05) is 0 Å². The first kappa shape index (κ1) is 14.7. The maximum absolute atomic E-state index is 12.4.